The van der Waals surface area contributed by atoms with Gasteiger partial charge < -0.3 is 23.7 Å². The van der Waals surface area contributed by atoms with Crippen molar-refractivity contribution in [2.24, 2.45) is 0 Å². The Morgan fingerprint density at radius 2 is 1.66 bits per heavy atom. The van der Waals surface area contributed by atoms with Crippen LogP contribution in [-0.4, -0.2) is 75.8 Å². The number of rotatable bonds is 20. The second kappa shape index (κ2) is 20.1. The molecule has 1 saturated heterocycles. The molecule has 10 heteroatoms. The van der Waals surface area contributed by atoms with Gasteiger partial charge in [0.25, 0.3) is 0 Å². The molecule has 1 aliphatic carbocycles. The van der Waals surface area contributed by atoms with Gasteiger partial charge in [0.05, 0.1) is 45.6 Å². The SMILES string of the molecule is CC(C(=O)OCCOCCOCCOCCOC(=O)CCCCC1CCSS1)c1ccc(C2=CCCC=C2)c(F)c1. The van der Waals surface area contributed by atoms with E-state index in [0.29, 0.717) is 50.6 Å². The van der Waals surface area contributed by atoms with Crippen molar-refractivity contribution in [3.8, 4) is 0 Å². The van der Waals surface area contributed by atoms with Crippen molar-refractivity contribution in [3.05, 3.63) is 53.4 Å². The van der Waals surface area contributed by atoms with Gasteiger partial charge in [-0.3, -0.25) is 9.59 Å². The van der Waals surface area contributed by atoms with Gasteiger partial charge in [-0.05, 0) is 56.2 Å². The van der Waals surface area contributed by atoms with E-state index in [1.807, 2.05) is 39.8 Å². The van der Waals surface area contributed by atoms with Gasteiger partial charge in [0.15, 0.2) is 0 Å². The summed E-state index contributed by atoms with van der Waals surface area (Å²) in [5, 5.41) is 0.753. The van der Waals surface area contributed by atoms with Gasteiger partial charge in [-0.1, -0.05) is 58.4 Å². The summed E-state index contributed by atoms with van der Waals surface area (Å²) in [6.07, 6.45) is 12.7. The number of benzene rings is 1. The fourth-order valence-electron chi connectivity index (χ4n) is 4.34. The Hall–Kier alpha value is -1.85. The highest BCUT2D eigenvalue weighted by Crippen LogP contribution is 2.39. The van der Waals surface area contributed by atoms with Crippen LogP contribution in [0.15, 0.2) is 36.4 Å². The Kier molecular flexibility index (Phi) is 16.5. The van der Waals surface area contributed by atoms with Gasteiger partial charge in [-0.2, -0.15) is 0 Å². The van der Waals surface area contributed by atoms with Crippen molar-refractivity contribution in [1.29, 1.82) is 0 Å². The molecule has 0 N–H and O–H groups in total. The fraction of sp³-hybridized carbons (Fsp3) is 0.613. The first-order chi connectivity index (χ1) is 20.0. The third-order valence-corrected chi connectivity index (χ3v) is 9.75. The smallest absolute Gasteiger partial charge is 0.313 e. The molecule has 1 aliphatic heterocycles. The molecule has 1 fully saturated rings. The minimum absolute atomic E-state index is 0.113. The molecule has 228 valence electrons. The van der Waals surface area contributed by atoms with Crippen molar-refractivity contribution >= 4 is 39.1 Å². The minimum Gasteiger partial charge on any atom is -0.463 e. The zero-order valence-electron chi connectivity index (χ0n) is 24.0. The van der Waals surface area contributed by atoms with Crippen LogP contribution in [0.3, 0.4) is 0 Å². The number of ether oxygens (including phenoxy) is 5. The molecular weight excluding hydrogens is 567 g/mol. The lowest BCUT2D eigenvalue weighted by molar-refractivity contribution is -0.147. The highest BCUT2D eigenvalue weighted by Gasteiger charge is 2.19. The molecule has 0 aromatic heterocycles. The number of carbonyl (C=O) groups excluding carboxylic acids is 2. The third kappa shape index (κ3) is 13.3. The van der Waals surface area contributed by atoms with E-state index in [-0.39, 0.29) is 31.6 Å². The lowest BCUT2D eigenvalue weighted by atomic mass is 9.94. The summed E-state index contributed by atoms with van der Waals surface area (Å²) in [6.45, 7) is 4.22. The zero-order valence-corrected chi connectivity index (χ0v) is 25.6. The Morgan fingerprint density at radius 1 is 0.951 bits per heavy atom. The maximum atomic E-state index is 14.6. The van der Waals surface area contributed by atoms with Crippen LogP contribution < -0.4 is 0 Å². The highest BCUT2D eigenvalue weighted by atomic mass is 33.1. The number of hydrogen-bond acceptors (Lipinski definition) is 9. The molecule has 0 radical (unpaired) electrons. The number of carbonyl (C=O) groups is 2. The van der Waals surface area contributed by atoms with Crippen molar-refractivity contribution < 1.29 is 37.7 Å². The van der Waals surface area contributed by atoms with Crippen LogP contribution in [-0.2, 0) is 33.3 Å². The van der Waals surface area contributed by atoms with Crippen molar-refractivity contribution in [2.75, 3.05) is 58.6 Å². The van der Waals surface area contributed by atoms with Crippen LogP contribution in [0.1, 0.15) is 68.9 Å². The maximum Gasteiger partial charge on any atom is 0.313 e. The van der Waals surface area contributed by atoms with Gasteiger partial charge in [0.1, 0.15) is 19.0 Å². The summed E-state index contributed by atoms with van der Waals surface area (Å²) in [6, 6.07) is 4.90. The second-order valence-electron chi connectivity index (χ2n) is 9.90. The van der Waals surface area contributed by atoms with Crippen molar-refractivity contribution in [3.63, 3.8) is 0 Å². The van der Waals surface area contributed by atoms with E-state index in [4.69, 9.17) is 23.7 Å². The highest BCUT2D eigenvalue weighted by molar-refractivity contribution is 8.77. The Labute approximate surface area is 251 Å². The zero-order chi connectivity index (χ0) is 29.1. The second-order valence-corrected chi connectivity index (χ2v) is 12.7. The van der Waals surface area contributed by atoms with E-state index in [9.17, 15) is 14.0 Å². The van der Waals surface area contributed by atoms with Crippen LogP contribution in [0.4, 0.5) is 4.39 Å². The van der Waals surface area contributed by atoms with E-state index < -0.39 is 11.9 Å². The van der Waals surface area contributed by atoms with Gasteiger partial charge >= 0.3 is 11.9 Å². The molecule has 1 aromatic rings. The first-order valence-corrected chi connectivity index (χ1v) is 16.9. The molecule has 0 bridgehead atoms. The molecule has 2 unspecified atom stereocenters. The van der Waals surface area contributed by atoms with E-state index in [0.717, 1.165) is 36.5 Å². The van der Waals surface area contributed by atoms with E-state index in [2.05, 4.69) is 0 Å². The van der Waals surface area contributed by atoms with E-state index in [1.54, 1.807) is 19.1 Å². The normalized spacial score (nSPS) is 17.3. The average molecular weight is 611 g/mol. The van der Waals surface area contributed by atoms with Crippen LogP contribution in [0.5, 0.6) is 0 Å². The molecule has 0 saturated carbocycles. The van der Waals surface area contributed by atoms with E-state index >= 15 is 0 Å². The predicted octanol–water partition coefficient (Wildman–Crippen LogP) is 6.51. The largest absolute Gasteiger partial charge is 0.463 e. The Morgan fingerprint density at radius 3 is 2.29 bits per heavy atom. The molecule has 0 spiro atoms. The van der Waals surface area contributed by atoms with Crippen molar-refractivity contribution in [1.82, 2.24) is 0 Å². The summed E-state index contributed by atoms with van der Waals surface area (Å²) in [5.41, 5.74) is 1.99. The molecule has 0 amide bonds. The average Bonchev–Trinajstić information content (AvgIpc) is 3.51. The Balaban J connectivity index is 1.11. The standard InChI is InChI=1S/C31H43FO7S2/c1-24(26-11-12-28(29(32)23-26)25-7-3-2-4-8-25)31(34)39-21-19-37-17-15-35-14-16-36-18-20-38-30(33)10-6-5-9-27-13-22-40-41-27/h3,7-8,11-12,23-24,27H,2,4-6,9-10,13-22H2,1H3. The molecular formula is C31H43FO7S2. The van der Waals surface area contributed by atoms with Gasteiger partial charge in [0.2, 0.25) is 0 Å². The van der Waals surface area contributed by atoms with Gasteiger partial charge in [-0.25, -0.2) is 4.39 Å². The third-order valence-electron chi connectivity index (χ3n) is 6.74. The lowest BCUT2D eigenvalue weighted by Crippen LogP contribution is -2.18. The number of halogens is 1. The molecule has 2 aliphatic rings. The molecule has 41 heavy (non-hydrogen) atoms. The topological polar surface area (TPSA) is 80.3 Å². The number of esters is 2. The summed E-state index contributed by atoms with van der Waals surface area (Å²) >= 11 is 0. The molecule has 7 nitrogen and oxygen atoms in total. The Bertz CT molecular complexity index is 995. The molecule has 1 heterocycles. The molecule has 3 rings (SSSR count). The fourth-order valence-corrected chi connectivity index (χ4v) is 7.37. The van der Waals surface area contributed by atoms with Crippen LogP contribution >= 0.6 is 21.6 Å². The monoisotopic (exact) mass is 610 g/mol. The number of allylic oxidation sites excluding steroid dienone is 4. The summed E-state index contributed by atoms with van der Waals surface area (Å²) < 4.78 is 41.4. The molecule has 2 atom stereocenters. The van der Waals surface area contributed by atoms with Gasteiger partial charge in [-0.15, -0.1) is 0 Å². The van der Waals surface area contributed by atoms with Crippen LogP contribution in [0.25, 0.3) is 5.57 Å². The quantitative estimate of drug-likeness (QED) is 0.0932. The maximum absolute atomic E-state index is 14.6. The summed E-state index contributed by atoms with van der Waals surface area (Å²) in [5.74, 6) is -0.260. The van der Waals surface area contributed by atoms with E-state index in [1.165, 1.54) is 24.7 Å². The number of unbranched alkanes of at least 4 members (excludes halogenated alkanes) is 1. The van der Waals surface area contributed by atoms with Crippen molar-refractivity contribution in [2.45, 2.75) is 63.0 Å². The minimum atomic E-state index is -0.578. The predicted molar refractivity (Wildman–Crippen MR) is 162 cm³/mol. The first-order valence-electron chi connectivity index (χ1n) is 14.5. The van der Waals surface area contributed by atoms with Crippen LogP contribution in [0.2, 0.25) is 0 Å². The first kappa shape index (κ1) is 33.6. The molecule has 1 aromatic carbocycles. The number of hydrogen-bond donors (Lipinski definition) is 0. The summed E-state index contributed by atoms with van der Waals surface area (Å²) in [7, 11) is 3.92. The lowest BCUT2D eigenvalue weighted by Gasteiger charge is -2.14. The summed E-state index contributed by atoms with van der Waals surface area (Å²) in [4.78, 5) is 24.1. The van der Waals surface area contributed by atoms with Crippen LogP contribution in [0, 0.1) is 5.82 Å². The van der Waals surface area contributed by atoms with Gasteiger partial charge in [0, 0.05) is 23.0 Å².